The molecule has 244 valence electrons. The Balaban J connectivity index is 5.39. The van der Waals surface area contributed by atoms with E-state index >= 15 is 0 Å². The van der Waals surface area contributed by atoms with Gasteiger partial charge in [-0.3, -0.25) is 24.0 Å². The molecule has 0 aliphatic rings. The minimum absolute atomic E-state index is 0.0409. The van der Waals surface area contributed by atoms with Gasteiger partial charge in [0.15, 0.2) is 0 Å². The zero-order chi connectivity index (χ0) is 31.5. The number of methoxy groups -OCH3 is 1. The first-order valence-electron chi connectivity index (χ1n) is 14.8. The summed E-state index contributed by atoms with van der Waals surface area (Å²) in [5.74, 6) is -1.28. The van der Waals surface area contributed by atoms with Crippen molar-refractivity contribution in [1.82, 2.24) is 21.3 Å². The third-order valence-electron chi connectivity index (χ3n) is 5.82. The minimum atomic E-state index is -1.18. The third-order valence-corrected chi connectivity index (χ3v) is 5.82. The van der Waals surface area contributed by atoms with Crippen LogP contribution in [0.2, 0.25) is 0 Å². The van der Waals surface area contributed by atoms with Gasteiger partial charge in [-0.05, 0) is 32.2 Å². The zero-order valence-corrected chi connectivity index (χ0v) is 25.7. The van der Waals surface area contributed by atoms with Gasteiger partial charge < -0.3 is 45.9 Å². The summed E-state index contributed by atoms with van der Waals surface area (Å²) in [6.45, 7) is 6.09. The lowest BCUT2D eigenvalue weighted by molar-refractivity contribution is -0.141. The summed E-state index contributed by atoms with van der Waals surface area (Å²) in [4.78, 5) is 60.4. The van der Waals surface area contributed by atoms with Gasteiger partial charge >= 0.3 is 5.97 Å². The Morgan fingerprint density at radius 2 is 1.07 bits per heavy atom. The Morgan fingerprint density at radius 3 is 1.48 bits per heavy atom. The van der Waals surface area contributed by atoms with Crippen molar-refractivity contribution in [1.29, 1.82) is 0 Å². The van der Waals surface area contributed by atoms with Crippen molar-refractivity contribution >= 4 is 29.6 Å². The second-order valence-electron chi connectivity index (χ2n) is 9.86. The standard InChI is InChI=1S/C28H53N5O9/c1-4-14-30-23(34)10-17-40-20-28(21-41-18-11-24(35)31-15-5-2,33-26(37)8-6-9-27(38)39-3)22-42-19-12-25(36)32-16-7-13-29/h4-22,29H2,1-3H3,(H,30,34)(H,31,35)(H,32,36)(H,33,37). The highest BCUT2D eigenvalue weighted by atomic mass is 16.5. The second kappa shape index (κ2) is 25.9. The largest absolute Gasteiger partial charge is 0.469 e. The number of carbonyl (C=O) groups excluding carboxylic acids is 5. The van der Waals surface area contributed by atoms with Gasteiger partial charge in [-0.25, -0.2) is 0 Å². The molecule has 0 aromatic carbocycles. The van der Waals surface area contributed by atoms with Gasteiger partial charge in [-0.1, -0.05) is 13.8 Å². The first-order valence-corrected chi connectivity index (χ1v) is 14.8. The average Bonchev–Trinajstić information content (AvgIpc) is 2.97. The van der Waals surface area contributed by atoms with E-state index in [9.17, 15) is 24.0 Å². The number of nitrogens with one attached hydrogen (secondary N) is 4. The van der Waals surface area contributed by atoms with E-state index in [0.29, 0.717) is 32.6 Å². The molecule has 0 unspecified atom stereocenters. The van der Waals surface area contributed by atoms with E-state index in [1.165, 1.54) is 7.11 Å². The zero-order valence-electron chi connectivity index (χ0n) is 25.7. The highest BCUT2D eigenvalue weighted by Gasteiger charge is 2.34. The van der Waals surface area contributed by atoms with Crippen LogP contribution in [-0.4, -0.2) is 108 Å². The fourth-order valence-corrected chi connectivity index (χ4v) is 3.51. The van der Waals surface area contributed by atoms with Crippen LogP contribution in [-0.2, 0) is 42.9 Å². The van der Waals surface area contributed by atoms with E-state index in [4.69, 9.17) is 19.9 Å². The van der Waals surface area contributed by atoms with Gasteiger partial charge in [-0.2, -0.15) is 0 Å². The first kappa shape index (κ1) is 39.2. The van der Waals surface area contributed by atoms with Crippen LogP contribution in [0.4, 0.5) is 0 Å². The fraction of sp³-hybridized carbons (Fsp3) is 0.821. The predicted octanol–water partition coefficient (Wildman–Crippen LogP) is -0.0778. The number of hydrogen-bond acceptors (Lipinski definition) is 10. The Bertz CT molecular complexity index is 755. The Labute approximate surface area is 249 Å². The molecule has 0 rings (SSSR count). The van der Waals surface area contributed by atoms with Crippen molar-refractivity contribution in [3.05, 3.63) is 0 Å². The molecule has 0 bridgehead atoms. The van der Waals surface area contributed by atoms with E-state index in [0.717, 1.165) is 12.8 Å². The van der Waals surface area contributed by atoms with Crippen molar-refractivity contribution in [2.75, 3.05) is 72.9 Å². The monoisotopic (exact) mass is 603 g/mol. The van der Waals surface area contributed by atoms with Crippen LogP contribution in [0.3, 0.4) is 0 Å². The molecule has 42 heavy (non-hydrogen) atoms. The smallest absolute Gasteiger partial charge is 0.305 e. The van der Waals surface area contributed by atoms with E-state index in [2.05, 4.69) is 26.0 Å². The van der Waals surface area contributed by atoms with Gasteiger partial charge in [0.25, 0.3) is 0 Å². The summed E-state index contributed by atoms with van der Waals surface area (Å²) in [6, 6.07) is 0. The van der Waals surface area contributed by atoms with E-state index in [-0.39, 0.29) is 102 Å². The summed E-state index contributed by atoms with van der Waals surface area (Å²) in [6.07, 6.45) is 3.05. The van der Waals surface area contributed by atoms with Crippen LogP contribution in [0.25, 0.3) is 0 Å². The third kappa shape index (κ3) is 21.9. The van der Waals surface area contributed by atoms with Gasteiger partial charge in [0.1, 0.15) is 5.54 Å². The minimum Gasteiger partial charge on any atom is -0.469 e. The number of nitrogens with two attached hydrogens (primary N) is 1. The second-order valence-corrected chi connectivity index (χ2v) is 9.86. The molecule has 14 nitrogen and oxygen atoms in total. The van der Waals surface area contributed by atoms with Crippen molar-refractivity contribution in [2.45, 2.75) is 77.2 Å². The number of esters is 1. The maximum Gasteiger partial charge on any atom is 0.305 e. The lowest BCUT2D eigenvalue weighted by Crippen LogP contribution is -2.58. The molecule has 14 heteroatoms. The molecular formula is C28H53N5O9. The maximum atomic E-state index is 12.9. The number of rotatable bonds is 27. The molecule has 0 saturated carbocycles. The molecule has 0 radical (unpaired) electrons. The van der Waals surface area contributed by atoms with Crippen LogP contribution < -0.4 is 27.0 Å². The summed E-state index contributed by atoms with van der Waals surface area (Å²) < 4.78 is 22.1. The molecule has 0 spiro atoms. The quantitative estimate of drug-likeness (QED) is 0.0626. The predicted molar refractivity (Wildman–Crippen MR) is 156 cm³/mol. The molecule has 0 aliphatic carbocycles. The molecular weight excluding hydrogens is 550 g/mol. The molecule has 0 heterocycles. The maximum absolute atomic E-state index is 12.9. The number of ether oxygens (including phenoxy) is 4. The van der Waals surface area contributed by atoms with Crippen LogP contribution in [0.5, 0.6) is 0 Å². The van der Waals surface area contributed by atoms with Crippen LogP contribution in [0, 0.1) is 0 Å². The lowest BCUT2D eigenvalue weighted by atomic mass is 10.0. The normalized spacial score (nSPS) is 11.0. The van der Waals surface area contributed by atoms with E-state index < -0.39 is 11.5 Å². The SMILES string of the molecule is CCCNC(=O)CCOCC(COCCC(=O)NCCC)(COCCC(=O)NCCCN)NC(=O)CCCC(=O)OC. The summed E-state index contributed by atoms with van der Waals surface area (Å²) in [7, 11) is 1.28. The highest BCUT2D eigenvalue weighted by Crippen LogP contribution is 2.12. The van der Waals surface area contributed by atoms with Crippen molar-refractivity contribution in [2.24, 2.45) is 5.73 Å². The molecule has 0 atom stereocenters. The summed E-state index contributed by atoms with van der Waals surface area (Å²) in [5.41, 5.74) is 4.27. The number of amides is 4. The number of hydrogen-bond donors (Lipinski definition) is 5. The topological polar surface area (TPSA) is 196 Å². The molecule has 0 fully saturated rings. The van der Waals surface area contributed by atoms with Crippen LogP contribution in [0.15, 0.2) is 0 Å². The highest BCUT2D eigenvalue weighted by molar-refractivity contribution is 5.78. The Morgan fingerprint density at radius 1 is 0.619 bits per heavy atom. The van der Waals surface area contributed by atoms with E-state index in [1.54, 1.807) is 0 Å². The summed E-state index contributed by atoms with van der Waals surface area (Å²) >= 11 is 0. The van der Waals surface area contributed by atoms with Gasteiger partial charge in [0, 0.05) is 51.7 Å². The van der Waals surface area contributed by atoms with Gasteiger partial charge in [-0.15, -0.1) is 0 Å². The molecule has 6 N–H and O–H groups in total. The Hall–Kier alpha value is -2.81. The average molecular weight is 604 g/mol. The Kier molecular flexibility index (Phi) is 24.1. The molecule has 0 aliphatic heterocycles. The van der Waals surface area contributed by atoms with Crippen molar-refractivity contribution < 1.29 is 42.9 Å². The van der Waals surface area contributed by atoms with E-state index in [1.807, 2.05) is 13.8 Å². The molecule has 0 aromatic rings. The van der Waals surface area contributed by atoms with Gasteiger partial charge in [0.2, 0.25) is 23.6 Å². The van der Waals surface area contributed by atoms with Crippen molar-refractivity contribution in [3.63, 3.8) is 0 Å². The van der Waals surface area contributed by atoms with Crippen LogP contribution >= 0.6 is 0 Å². The van der Waals surface area contributed by atoms with Crippen LogP contribution in [0.1, 0.15) is 71.6 Å². The lowest BCUT2D eigenvalue weighted by Gasteiger charge is -2.34. The van der Waals surface area contributed by atoms with Crippen molar-refractivity contribution in [3.8, 4) is 0 Å². The van der Waals surface area contributed by atoms with Gasteiger partial charge in [0.05, 0.1) is 46.8 Å². The molecule has 4 amide bonds. The number of carbonyl (C=O) groups is 5. The first-order chi connectivity index (χ1) is 20.2. The fourth-order valence-electron chi connectivity index (χ4n) is 3.51. The molecule has 0 saturated heterocycles. The summed E-state index contributed by atoms with van der Waals surface area (Å²) in [5, 5.41) is 11.2. The molecule has 0 aromatic heterocycles.